The first kappa shape index (κ1) is 30.9. The lowest BCUT2D eigenvalue weighted by atomic mass is 10.0. The van der Waals surface area contributed by atoms with Crippen LogP contribution in [0.3, 0.4) is 0 Å². The van der Waals surface area contributed by atoms with E-state index >= 15 is 0 Å². The highest BCUT2D eigenvalue weighted by atomic mass is 32.2. The number of hydrogen-bond acceptors (Lipinski definition) is 12. The first-order valence-electron chi connectivity index (χ1n) is 15.4. The normalized spacial score (nSPS) is 16.5. The smallest absolute Gasteiger partial charge is 0.229 e. The van der Waals surface area contributed by atoms with Crippen molar-refractivity contribution in [2.75, 3.05) is 86.6 Å². The molecule has 2 fully saturated rings. The number of fused-ring (bicyclic) bond motifs is 1. The molecule has 2 aromatic heterocycles. The van der Waals surface area contributed by atoms with Crippen LogP contribution in [0.2, 0.25) is 0 Å². The van der Waals surface area contributed by atoms with E-state index in [1.165, 1.54) is 44.7 Å². The zero-order valence-corrected chi connectivity index (χ0v) is 27.3. The molecule has 4 aromatic rings. The summed E-state index contributed by atoms with van der Waals surface area (Å²) in [6.45, 7) is 10.7. The zero-order chi connectivity index (χ0) is 31.3. The molecule has 12 heteroatoms. The van der Waals surface area contributed by atoms with Crippen LogP contribution >= 0.6 is 11.9 Å². The number of piperazine rings is 1. The number of piperidine rings is 1. The largest absolute Gasteiger partial charge is 0.494 e. The number of aromatic nitrogens is 4. The quantitative estimate of drug-likeness (QED) is 0.218. The van der Waals surface area contributed by atoms with Crippen molar-refractivity contribution in [2.24, 2.45) is 0 Å². The van der Waals surface area contributed by atoms with Crippen molar-refractivity contribution in [1.29, 1.82) is 0 Å². The van der Waals surface area contributed by atoms with Gasteiger partial charge in [-0.3, -0.25) is 14.9 Å². The molecule has 11 nitrogen and oxygen atoms in total. The number of likely N-dealkylation sites (N-methyl/N-ethyl adjacent to an activating group) is 1. The van der Waals surface area contributed by atoms with Crippen LogP contribution in [0.15, 0.2) is 55.5 Å². The van der Waals surface area contributed by atoms with Crippen LogP contribution in [-0.4, -0.2) is 103 Å². The molecule has 0 aliphatic carbocycles. The van der Waals surface area contributed by atoms with E-state index in [2.05, 4.69) is 70.3 Å². The van der Waals surface area contributed by atoms with E-state index in [4.69, 9.17) is 9.72 Å². The minimum atomic E-state index is 0.447. The molecule has 2 N–H and O–H groups in total. The van der Waals surface area contributed by atoms with Crippen molar-refractivity contribution < 1.29 is 4.74 Å². The Bertz CT molecular complexity index is 1640. The van der Waals surface area contributed by atoms with Crippen LogP contribution in [-0.2, 0) is 0 Å². The van der Waals surface area contributed by atoms with Crippen molar-refractivity contribution in [1.82, 2.24) is 29.7 Å². The molecular formula is C33H42N10OS. The maximum absolute atomic E-state index is 5.83. The van der Waals surface area contributed by atoms with Gasteiger partial charge in [0.15, 0.2) is 0 Å². The standard InChI is InChI=1S/C33H42N10OS/c1-6-23-22-36-33(39-32(23)37-28-10-9-27-30(35-14-13-34-27)31(28)41(3)45-5)38-26-8-7-25(21-29(26)44-4)42-15-11-24(12-16-42)43-19-17-40(2)18-20-43/h6-10,13-14,21-22,24H,1,11-12,15-20H2,2-5H3,(H2,36,37,38,39). The van der Waals surface area contributed by atoms with Crippen LogP contribution in [0.1, 0.15) is 18.4 Å². The van der Waals surface area contributed by atoms with Gasteiger partial charge in [0.1, 0.15) is 17.1 Å². The topological polar surface area (TPSA) is 97.8 Å². The molecule has 0 radical (unpaired) electrons. The van der Waals surface area contributed by atoms with Gasteiger partial charge in [-0.15, -0.1) is 0 Å². The Morgan fingerprint density at radius 1 is 0.978 bits per heavy atom. The summed E-state index contributed by atoms with van der Waals surface area (Å²) in [6, 6.07) is 10.9. The van der Waals surface area contributed by atoms with Crippen molar-refractivity contribution in [3.05, 3.63) is 61.1 Å². The van der Waals surface area contributed by atoms with E-state index in [-0.39, 0.29) is 0 Å². The van der Waals surface area contributed by atoms with Crippen molar-refractivity contribution in [3.8, 4) is 5.75 Å². The lowest BCUT2D eigenvalue weighted by Crippen LogP contribution is -2.52. The second-order valence-electron chi connectivity index (χ2n) is 11.5. The van der Waals surface area contributed by atoms with Gasteiger partial charge in [-0.2, -0.15) is 4.98 Å². The third-order valence-electron chi connectivity index (χ3n) is 8.81. The fraction of sp³-hybridized carbons (Fsp3) is 0.394. The molecule has 0 bridgehead atoms. The maximum atomic E-state index is 5.83. The van der Waals surface area contributed by atoms with E-state index in [0.717, 1.165) is 52.5 Å². The maximum Gasteiger partial charge on any atom is 0.229 e. The highest BCUT2D eigenvalue weighted by Gasteiger charge is 2.27. The highest BCUT2D eigenvalue weighted by molar-refractivity contribution is 7.99. The first-order valence-corrected chi connectivity index (χ1v) is 16.6. The number of nitrogens with one attached hydrogen (secondary N) is 2. The number of ether oxygens (including phenoxy) is 1. The minimum absolute atomic E-state index is 0.447. The number of hydrogen-bond donors (Lipinski definition) is 2. The summed E-state index contributed by atoms with van der Waals surface area (Å²) >= 11 is 1.59. The zero-order valence-electron chi connectivity index (χ0n) is 26.5. The van der Waals surface area contributed by atoms with Gasteiger partial charge < -0.3 is 29.5 Å². The lowest BCUT2D eigenvalue weighted by molar-refractivity contribution is 0.0982. The van der Waals surface area contributed by atoms with E-state index in [1.54, 1.807) is 43.7 Å². The molecule has 2 saturated heterocycles. The monoisotopic (exact) mass is 626 g/mol. The number of methoxy groups -OCH3 is 1. The fourth-order valence-corrected chi connectivity index (χ4v) is 6.51. The predicted molar refractivity (Wildman–Crippen MR) is 187 cm³/mol. The number of nitrogens with zero attached hydrogens (tertiary/aromatic N) is 8. The van der Waals surface area contributed by atoms with Crippen LogP contribution in [0.25, 0.3) is 17.1 Å². The summed E-state index contributed by atoms with van der Waals surface area (Å²) in [7, 11) is 5.92. The van der Waals surface area contributed by atoms with Crippen molar-refractivity contribution in [3.63, 3.8) is 0 Å². The van der Waals surface area contributed by atoms with Gasteiger partial charge in [0.25, 0.3) is 0 Å². The summed E-state index contributed by atoms with van der Waals surface area (Å²) in [4.78, 5) is 26.1. The van der Waals surface area contributed by atoms with Gasteiger partial charge in [0.05, 0.1) is 29.7 Å². The van der Waals surface area contributed by atoms with E-state index in [1.807, 2.05) is 31.5 Å². The SMILES string of the molecule is C=Cc1cnc(Nc2ccc(N3CCC(N4CCN(C)CC4)CC3)cc2OC)nc1Nc1ccc2nccnc2c1N(C)SC. The average Bonchev–Trinajstić information content (AvgIpc) is 3.08. The number of anilines is 6. The number of benzene rings is 2. The molecule has 4 heterocycles. The van der Waals surface area contributed by atoms with Gasteiger partial charge >= 0.3 is 0 Å². The van der Waals surface area contributed by atoms with Gasteiger partial charge in [0, 0.05) is 94.5 Å². The highest BCUT2D eigenvalue weighted by Crippen LogP contribution is 2.38. The molecule has 2 aliphatic rings. The molecule has 45 heavy (non-hydrogen) atoms. The fourth-order valence-electron chi connectivity index (χ4n) is 6.14. The average molecular weight is 627 g/mol. The Labute approximate surface area is 269 Å². The third-order valence-corrected chi connectivity index (χ3v) is 9.54. The Kier molecular flexibility index (Phi) is 9.53. The van der Waals surface area contributed by atoms with Gasteiger partial charge in [0.2, 0.25) is 5.95 Å². The molecule has 2 aromatic carbocycles. The van der Waals surface area contributed by atoms with E-state index < -0.39 is 0 Å². The molecule has 236 valence electrons. The van der Waals surface area contributed by atoms with Crippen molar-refractivity contribution in [2.45, 2.75) is 18.9 Å². The van der Waals surface area contributed by atoms with Crippen LogP contribution < -0.4 is 24.6 Å². The van der Waals surface area contributed by atoms with Crippen molar-refractivity contribution >= 4 is 63.6 Å². The van der Waals surface area contributed by atoms with Crippen LogP contribution in [0.4, 0.5) is 34.5 Å². The second-order valence-corrected chi connectivity index (χ2v) is 12.4. The number of rotatable bonds is 10. The summed E-state index contributed by atoms with van der Waals surface area (Å²) in [5.41, 5.74) is 6.15. The Balaban J connectivity index is 1.19. The summed E-state index contributed by atoms with van der Waals surface area (Å²) in [5.74, 6) is 1.82. The Hall–Kier alpha value is -4.13. The third kappa shape index (κ3) is 6.77. The van der Waals surface area contributed by atoms with E-state index in [0.29, 0.717) is 17.8 Å². The summed E-state index contributed by atoms with van der Waals surface area (Å²) < 4.78 is 7.90. The molecule has 6 rings (SSSR count). The van der Waals surface area contributed by atoms with Crippen LogP contribution in [0, 0.1) is 0 Å². The summed E-state index contributed by atoms with van der Waals surface area (Å²) in [6.07, 6.45) is 11.3. The molecule has 0 spiro atoms. The van der Waals surface area contributed by atoms with E-state index in [9.17, 15) is 0 Å². The molecule has 0 atom stereocenters. The van der Waals surface area contributed by atoms with Gasteiger partial charge in [-0.1, -0.05) is 24.6 Å². The Morgan fingerprint density at radius 2 is 1.73 bits per heavy atom. The van der Waals surface area contributed by atoms with Crippen LogP contribution in [0.5, 0.6) is 5.75 Å². The molecule has 0 unspecified atom stereocenters. The summed E-state index contributed by atoms with van der Waals surface area (Å²) in [5, 5.41) is 6.88. The minimum Gasteiger partial charge on any atom is -0.494 e. The molecule has 0 amide bonds. The lowest BCUT2D eigenvalue weighted by Gasteiger charge is -2.42. The Morgan fingerprint density at radius 3 is 2.47 bits per heavy atom. The predicted octanol–water partition coefficient (Wildman–Crippen LogP) is 5.49. The molecule has 0 saturated carbocycles. The van der Waals surface area contributed by atoms with Gasteiger partial charge in [-0.25, -0.2) is 4.98 Å². The first-order chi connectivity index (χ1) is 22.0. The van der Waals surface area contributed by atoms with Gasteiger partial charge in [-0.05, 0) is 44.2 Å². The molecule has 2 aliphatic heterocycles. The second kappa shape index (κ2) is 13.9. The molecular weight excluding hydrogens is 584 g/mol.